The highest BCUT2D eigenvalue weighted by Crippen LogP contribution is 2.40. The summed E-state index contributed by atoms with van der Waals surface area (Å²) in [5.74, 6) is -0.0436. The number of thioether (sulfide) groups is 1. The molecule has 0 aliphatic carbocycles. The zero-order valence-corrected chi connectivity index (χ0v) is 25.6. The third-order valence-corrected chi connectivity index (χ3v) is 8.46. The van der Waals surface area contributed by atoms with E-state index < -0.39 is 16.0 Å². The number of alkyl halides is 3. The highest BCUT2D eigenvalue weighted by atomic mass is 35.6. The highest BCUT2D eigenvalue weighted by molar-refractivity contribution is 7.99. The molecule has 3 aromatic carbocycles. The molecule has 0 radical (unpaired) electrons. The fourth-order valence-corrected chi connectivity index (χ4v) is 5.65. The Kier molecular flexibility index (Phi) is 10.1. The first-order valence-corrected chi connectivity index (χ1v) is 15.2. The quantitative estimate of drug-likeness (QED) is 0.176. The third kappa shape index (κ3) is 7.62. The predicted octanol–water partition coefficient (Wildman–Crippen LogP) is 5.69. The minimum atomic E-state index is -2.03. The average Bonchev–Trinajstić information content (AvgIpc) is 3.42. The number of hydrogen-bond acceptors (Lipinski definition) is 8. The Morgan fingerprint density at radius 3 is 2.43 bits per heavy atom. The van der Waals surface area contributed by atoms with Crippen molar-refractivity contribution in [2.75, 3.05) is 5.75 Å². The van der Waals surface area contributed by atoms with Crippen molar-refractivity contribution in [2.45, 2.75) is 47.0 Å². The molecule has 0 bridgehead atoms. The van der Waals surface area contributed by atoms with E-state index in [0.717, 1.165) is 33.4 Å². The molecule has 0 saturated carbocycles. The SMILES string of the molecule is Cn1nnnc1SC[C@@H]1C[C@H](c2ccc(CO)cc2)O[C@H](c2ccc(-c3ccccc3CNC(=O)C(Cl)(Cl)Cl)cc2)O1. The Bertz CT molecular complexity index is 1500. The van der Waals surface area contributed by atoms with Gasteiger partial charge in [0.25, 0.3) is 9.70 Å². The third-order valence-electron chi connectivity index (χ3n) is 6.80. The summed E-state index contributed by atoms with van der Waals surface area (Å²) in [7, 11) is 1.80. The Labute approximate surface area is 262 Å². The summed E-state index contributed by atoms with van der Waals surface area (Å²) in [6.07, 6.45) is -0.285. The van der Waals surface area contributed by atoms with Gasteiger partial charge in [0.2, 0.25) is 5.16 Å². The molecule has 3 atom stereocenters. The topological polar surface area (TPSA) is 111 Å². The maximum Gasteiger partial charge on any atom is 0.272 e. The summed E-state index contributed by atoms with van der Waals surface area (Å²) in [4.78, 5) is 12.1. The number of nitrogens with zero attached hydrogens (tertiary/aromatic N) is 4. The fraction of sp³-hybridized carbons (Fsp3) is 0.310. The van der Waals surface area contributed by atoms with Crippen LogP contribution in [0.15, 0.2) is 78.0 Å². The number of halogens is 3. The van der Waals surface area contributed by atoms with E-state index in [1.54, 1.807) is 11.7 Å². The van der Waals surface area contributed by atoms with Crippen LogP contribution in [0.25, 0.3) is 11.1 Å². The fourth-order valence-electron chi connectivity index (χ4n) is 4.59. The van der Waals surface area contributed by atoms with Gasteiger partial charge < -0.3 is 19.9 Å². The number of nitrogens with one attached hydrogen (secondary N) is 1. The maximum atomic E-state index is 12.1. The second-order valence-corrected chi connectivity index (χ2v) is 13.0. The predicted molar refractivity (Wildman–Crippen MR) is 162 cm³/mol. The van der Waals surface area contributed by atoms with Gasteiger partial charge in [0.1, 0.15) is 0 Å². The number of aliphatic hydroxyl groups is 1. The normalized spacial score (nSPS) is 19.0. The van der Waals surface area contributed by atoms with Crippen LogP contribution in [-0.4, -0.2) is 46.9 Å². The lowest BCUT2D eigenvalue weighted by Gasteiger charge is -2.36. The first kappa shape index (κ1) is 30.7. The Morgan fingerprint density at radius 1 is 1.05 bits per heavy atom. The van der Waals surface area contributed by atoms with E-state index in [1.807, 2.05) is 72.8 Å². The number of benzene rings is 3. The van der Waals surface area contributed by atoms with E-state index in [0.29, 0.717) is 17.3 Å². The molecule has 1 aliphatic rings. The first-order chi connectivity index (χ1) is 20.2. The van der Waals surface area contributed by atoms with Crippen LogP contribution in [0.4, 0.5) is 0 Å². The summed E-state index contributed by atoms with van der Waals surface area (Å²) in [6, 6.07) is 23.4. The highest BCUT2D eigenvalue weighted by Gasteiger charge is 2.33. The van der Waals surface area contributed by atoms with Crippen LogP contribution in [0.2, 0.25) is 0 Å². The van der Waals surface area contributed by atoms with Crippen molar-refractivity contribution in [1.29, 1.82) is 0 Å². The average molecular weight is 649 g/mol. The van der Waals surface area contributed by atoms with Gasteiger partial charge in [-0.3, -0.25) is 4.79 Å². The zero-order chi connectivity index (χ0) is 29.7. The summed E-state index contributed by atoms with van der Waals surface area (Å²) >= 11 is 18.6. The van der Waals surface area contributed by atoms with Gasteiger partial charge in [-0.1, -0.05) is 119 Å². The lowest BCUT2D eigenvalue weighted by molar-refractivity contribution is -0.245. The smallest absolute Gasteiger partial charge is 0.272 e. The lowest BCUT2D eigenvalue weighted by Crippen LogP contribution is -2.34. The molecular weight excluding hydrogens is 621 g/mol. The minimum absolute atomic E-state index is 0.0166. The number of carbonyl (C=O) groups is 1. The van der Waals surface area contributed by atoms with Gasteiger partial charge in [-0.2, -0.15) is 0 Å². The van der Waals surface area contributed by atoms with Crippen LogP contribution < -0.4 is 5.32 Å². The standard InChI is InChI=1S/C29H28Cl3N5O4S/c1-37-28(34-35-36-37)42-17-23-14-25(20-8-6-18(16-38)7-9-20)41-26(40-23)21-12-10-19(11-13-21)24-5-3-2-4-22(24)15-33-27(39)29(30,31)32/h2-13,23,25-26,38H,14-17H2,1H3,(H,33,39)/t23-,25+,26+/m0/s1. The van der Waals surface area contributed by atoms with Crippen LogP contribution in [0.3, 0.4) is 0 Å². The van der Waals surface area contributed by atoms with Crippen molar-refractivity contribution in [3.8, 4) is 11.1 Å². The molecular formula is C29H28Cl3N5O4S. The Hall–Kier alpha value is -2.70. The lowest BCUT2D eigenvalue weighted by atomic mass is 9.98. The van der Waals surface area contributed by atoms with E-state index in [1.165, 1.54) is 11.8 Å². The number of tetrazole rings is 1. The summed E-state index contributed by atoms with van der Waals surface area (Å²) in [5.41, 5.74) is 5.48. The molecule has 2 N–H and O–H groups in total. The number of rotatable bonds is 9. The van der Waals surface area contributed by atoms with Crippen LogP contribution in [-0.2, 0) is 34.5 Å². The van der Waals surface area contributed by atoms with Crippen molar-refractivity contribution in [3.63, 3.8) is 0 Å². The summed E-state index contributed by atoms with van der Waals surface area (Å²) in [5, 5.41) is 24.5. The van der Waals surface area contributed by atoms with Crippen molar-refractivity contribution < 1.29 is 19.4 Å². The minimum Gasteiger partial charge on any atom is -0.392 e. The molecule has 4 aromatic rings. The van der Waals surface area contributed by atoms with Crippen molar-refractivity contribution in [3.05, 3.63) is 95.1 Å². The molecule has 1 aliphatic heterocycles. The zero-order valence-electron chi connectivity index (χ0n) is 22.5. The maximum absolute atomic E-state index is 12.1. The number of carbonyl (C=O) groups excluding carboxylic acids is 1. The van der Waals surface area contributed by atoms with Gasteiger partial charge in [-0.15, -0.1) is 5.10 Å². The van der Waals surface area contributed by atoms with Gasteiger partial charge in [0.15, 0.2) is 6.29 Å². The van der Waals surface area contributed by atoms with Crippen molar-refractivity contribution in [2.24, 2.45) is 7.05 Å². The molecule has 0 spiro atoms. The summed E-state index contributed by atoms with van der Waals surface area (Å²) < 4.78 is 12.5. The van der Waals surface area contributed by atoms with E-state index in [-0.39, 0.29) is 25.4 Å². The van der Waals surface area contributed by atoms with Gasteiger partial charge in [0.05, 0.1) is 18.8 Å². The second kappa shape index (κ2) is 13.7. The van der Waals surface area contributed by atoms with E-state index >= 15 is 0 Å². The molecule has 13 heteroatoms. The van der Waals surface area contributed by atoms with Crippen LogP contribution in [0, 0.1) is 0 Å². The van der Waals surface area contributed by atoms with Crippen LogP contribution in [0.5, 0.6) is 0 Å². The summed E-state index contributed by atoms with van der Waals surface area (Å²) in [6.45, 7) is 0.188. The van der Waals surface area contributed by atoms with Crippen molar-refractivity contribution >= 4 is 52.5 Å². The molecule has 1 saturated heterocycles. The monoisotopic (exact) mass is 647 g/mol. The number of aryl methyl sites for hydroxylation is 1. The number of hydrogen-bond donors (Lipinski definition) is 2. The molecule has 2 heterocycles. The molecule has 9 nitrogen and oxygen atoms in total. The van der Waals surface area contributed by atoms with Gasteiger partial charge in [-0.25, -0.2) is 4.68 Å². The van der Waals surface area contributed by atoms with Crippen LogP contribution >= 0.6 is 46.6 Å². The number of ether oxygens (including phenoxy) is 2. The molecule has 220 valence electrons. The Balaban J connectivity index is 1.34. The molecule has 1 amide bonds. The molecule has 0 unspecified atom stereocenters. The van der Waals surface area contributed by atoms with Crippen LogP contribution in [0.1, 0.15) is 41.1 Å². The molecule has 1 fully saturated rings. The first-order valence-electron chi connectivity index (χ1n) is 13.1. The second-order valence-electron chi connectivity index (χ2n) is 9.71. The van der Waals surface area contributed by atoms with E-state index in [9.17, 15) is 9.90 Å². The number of aromatic nitrogens is 4. The largest absolute Gasteiger partial charge is 0.392 e. The molecule has 5 rings (SSSR count). The van der Waals surface area contributed by atoms with Gasteiger partial charge in [-0.05, 0) is 38.2 Å². The van der Waals surface area contributed by atoms with E-state index in [2.05, 4.69) is 20.8 Å². The number of aliphatic hydroxyl groups excluding tert-OH is 1. The van der Waals surface area contributed by atoms with Gasteiger partial charge in [0, 0.05) is 31.3 Å². The number of amides is 1. The van der Waals surface area contributed by atoms with Crippen molar-refractivity contribution in [1.82, 2.24) is 25.5 Å². The van der Waals surface area contributed by atoms with E-state index in [4.69, 9.17) is 44.3 Å². The molecule has 42 heavy (non-hydrogen) atoms. The molecule has 1 aromatic heterocycles. The van der Waals surface area contributed by atoms with Gasteiger partial charge >= 0.3 is 0 Å². The Morgan fingerprint density at radius 2 is 1.76 bits per heavy atom.